The van der Waals surface area contributed by atoms with Gasteiger partial charge in [-0.1, -0.05) is 6.07 Å². The van der Waals surface area contributed by atoms with Crippen LogP contribution in [-0.2, 0) is 9.47 Å². The quantitative estimate of drug-likeness (QED) is 0.308. The Morgan fingerprint density at radius 3 is 2.36 bits per heavy atom. The van der Waals surface area contributed by atoms with E-state index < -0.39 is 11.7 Å². The minimum Gasteiger partial charge on any atom is -0.497 e. The van der Waals surface area contributed by atoms with E-state index in [1.807, 2.05) is 39.5 Å². The number of ether oxygens (including phenoxy) is 5. The van der Waals surface area contributed by atoms with Gasteiger partial charge in [0, 0.05) is 56.9 Å². The molecule has 2 aromatic carbocycles. The maximum atomic E-state index is 14.1. The maximum Gasteiger partial charge on any atom is 0.410 e. The molecular weight excluding hydrogens is 578 g/mol. The lowest BCUT2D eigenvalue weighted by Crippen LogP contribution is -2.57. The predicted octanol–water partition coefficient (Wildman–Crippen LogP) is 5.03. The Balaban J connectivity index is 1.85. The first-order valence-corrected chi connectivity index (χ1v) is 15.4. The normalized spacial score (nSPS) is 16.6. The molecule has 11 nitrogen and oxygen atoms in total. The van der Waals surface area contributed by atoms with Crippen molar-refractivity contribution in [3.05, 3.63) is 53.6 Å². The number of piperidine rings is 1. The van der Waals surface area contributed by atoms with Crippen LogP contribution in [0.2, 0.25) is 0 Å². The van der Waals surface area contributed by atoms with Crippen LogP contribution in [0.25, 0.3) is 0 Å². The second kappa shape index (κ2) is 16.4. The number of nitrogens with zero attached hydrogens (tertiary/aromatic N) is 2. The number of carbonyl (C=O) groups excluding carboxylic acids is 3. The summed E-state index contributed by atoms with van der Waals surface area (Å²) in [5.41, 5.74) is 0.240. The molecule has 3 rings (SSSR count). The van der Waals surface area contributed by atoms with Crippen LogP contribution in [0, 0.1) is 5.92 Å². The molecule has 2 aromatic rings. The average Bonchev–Trinajstić information content (AvgIpc) is 3.00. The predicted molar refractivity (Wildman–Crippen MR) is 171 cm³/mol. The molecule has 248 valence electrons. The van der Waals surface area contributed by atoms with E-state index in [1.165, 1.54) is 0 Å². The van der Waals surface area contributed by atoms with Gasteiger partial charge in [0.15, 0.2) is 11.5 Å². The van der Waals surface area contributed by atoms with E-state index >= 15 is 0 Å². The fourth-order valence-corrected chi connectivity index (χ4v) is 5.38. The zero-order valence-corrected chi connectivity index (χ0v) is 27.9. The third-order valence-corrected chi connectivity index (χ3v) is 7.40. The highest BCUT2D eigenvalue weighted by molar-refractivity contribution is 5.95. The van der Waals surface area contributed by atoms with Gasteiger partial charge in [-0.25, -0.2) is 4.79 Å². The van der Waals surface area contributed by atoms with Gasteiger partial charge in [-0.3, -0.25) is 9.59 Å². The number of rotatable bonds is 13. The van der Waals surface area contributed by atoms with Crippen molar-refractivity contribution in [2.24, 2.45) is 5.92 Å². The number of benzene rings is 2. The lowest BCUT2D eigenvalue weighted by Gasteiger charge is -2.44. The fourth-order valence-electron chi connectivity index (χ4n) is 5.38. The SMILES string of the molecule is COCCCOc1cc(C(=O)N(C(C)C)C2CC(CNC(=O)c3cccc(OC)c3)CN(C(=O)OC(C)(C)C)C2)ccc1OC. The summed E-state index contributed by atoms with van der Waals surface area (Å²) in [5, 5.41) is 3.01. The first-order valence-electron chi connectivity index (χ1n) is 15.4. The molecule has 2 atom stereocenters. The van der Waals surface area contributed by atoms with E-state index in [-0.39, 0.29) is 29.8 Å². The van der Waals surface area contributed by atoms with Gasteiger partial charge in [-0.15, -0.1) is 0 Å². The Labute approximate surface area is 267 Å². The van der Waals surface area contributed by atoms with E-state index in [0.717, 1.165) is 0 Å². The summed E-state index contributed by atoms with van der Waals surface area (Å²) in [7, 11) is 4.74. The van der Waals surface area contributed by atoms with E-state index in [2.05, 4.69) is 5.32 Å². The van der Waals surface area contributed by atoms with Crippen molar-refractivity contribution >= 4 is 17.9 Å². The number of nitrogens with one attached hydrogen (secondary N) is 1. The van der Waals surface area contributed by atoms with E-state index in [9.17, 15) is 14.4 Å². The van der Waals surface area contributed by atoms with Gasteiger partial charge in [-0.05, 0) is 83.4 Å². The third kappa shape index (κ3) is 10.3. The molecule has 0 saturated carbocycles. The topological polar surface area (TPSA) is 116 Å². The molecular formula is C34H49N3O8. The van der Waals surface area contributed by atoms with Gasteiger partial charge in [0.25, 0.3) is 11.8 Å². The summed E-state index contributed by atoms with van der Waals surface area (Å²) in [6.07, 6.45) is 0.815. The standard InChI is InChI=1S/C34H49N3O8/c1-23(2)37(32(39)26-13-14-29(43-8)30(19-26)44-16-10-15-41-6)27-17-24(21-36(22-27)33(40)45-34(3,4)5)20-35-31(38)25-11-9-12-28(18-25)42-7/h9,11-14,18-19,23-24,27H,10,15-17,20-22H2,1-8H3,(H,35,38). The first-order chi connectivity index (χ1) is 21.4. The fraction of sp³-hybridized carbons (Fsp3) is 0.559. The lowest BCUT2D eigenvalue weighted by molar-refractivity contribution is -0.00106. The molecule has 11 heteroatoms. The molecule has 0 aliphatic carbocycles. The molecule has 1 saturated heterocycles. The molecule has 0 bridgehead atoms. The van der Waals surface area contributed by atoms with E-state index in [0.29, 0.717) is 74.1 Å². The second-order valence-corrected chi connectivity index (χ2v) is 12.4. The van der Waals surface area contributed by atoms with E-state index in [4.69, 9.17) is 23.7 Å². The average molecular weight is 628 g/mol. The Morgan fingerprint density at radius 2 is 1.71 bits per heavy atom. The van der Waals surface area contributed by atoms with Crippen LogP contribution in [0.3, 0.4) is 0 Å². The summed E-state index contributed by atoms with van der Waals surface area (Å²) in [4.78, 5) is 43.9. The van der Waals surface area contributed by atoms with E-state index in [1.54, 1.807) is 68.7 Å². The summed E-state index contributed by atoms with van der Waals surface area (Å²) in [5.74, 6) is 1.03. The van der Waals surface area contributed by atoms with Gasteiger partial charge in [-0.2, -0.15) is 0 Å². The monoisotopic (exact) mass is 627 g/mol. The number of methoxy groups -OCH3 is 3. The highest BCUT2D eigenvalue weighted by Crippen LogP contribution is 2.31. The summed E-state index contributed by atoms with van der Waals surface area (Å²) >= 11 is 0. The maximum absolute atomic E-state index is 14.1. The summed E-state index contributed by atoms with van der Waals surface area (Å²) in [6.45, 7) is 11.3. The summed E-state index contributed by atoms with van der Waals surface area (Å²) in [6, 6.07) is 11.6. The molecule has 3 amide bonds. The van der Waals surface area contributed by atoms with Crippen molar-refractivity contribution in [3.63, 3.8) is 0 Å². The molecule has 1 aliphatic rings. The van der Waals surface area contributed by atoms with Crippen molar-refractivity contribution in [1.29, 1.82) is 0 Å². The van der Waals surface area contributed by atoms with Crippen LogP contribution in [0.5, 0.6) is 17.2 Å². The molecule has 1 N–H and O–H groups in total. The molecule has 45 heavy (non-hydrogen) atoms. The number of carbonyl (C=O) groups is 3. The molecule has 2 unspecified atom stereocenters. The Kier molecular flexibility index (Phi) is 12.9. The molecule has 1 aliphatic heterocycles. The van der Waals surface area contributed by atoms with Gasteiger partial charge in [0.05, 0.1) is 26.9 Å². The number of likely N-dealkylation sites (tertiary alicyclic amines) is 1. The Hall–Kier alpha value is -3.99. The number of hydrogen-bond donors (Lipinski definition) is 1. The third-order valence-electron chi connectivity index (χ3n) is 7.40. The molecule has 1 heterocycles. The van der Waals surface area contributed by atoms with Crippen LogP contribution < -0.4 is 19.5 Å². The molecule has 0 spiro atoms. The lowest BCUT2D eigenvalue weighted by atomic mass is 9.91. The van der Waals surface area contributed by atoms with Crippen LogP contribution in [0.15, 0.2) is 42.5 Å². The molecule has 0 radical (unpaired) electrons. The second-order valence-electron chi connectivity index (χ2n) is 12.4. The van der Waals surface area contributed by atoms with Gasteiger partial charge < -0.3 is 38.8 Å². The smallest absolute Gasteiger partial charge is 0.410 e. The van der Waals surface area contributed by atoms with Crippen LogP contribution in [-0.4, -0.2) is 99.6 Å². The largest absolute Gasteiger partial charge is 0.497 e. The van der Waals surface area contributed by atoms with Crippen molar-refractivity contribution in [1.82, 2.24) is 15.1 Å². The highest BCUT2D eigenvalue weighted by Gasteiger charge is 2.38. The zero-order chi connectivity index (χ0) is 33.1. The zero-order valence-electron chi connectivity index (χ0n) is 27.9. The minimum atomic E-state index is -0.684. The van der Waals surface area contributed by atoms with Crippen molar-refractivity contribution in [2.75, 3.05) is 54.2 Å². The van der Waals surface area contributed by atoms with Gasteiger partial charge in [0.1, 0.15) is 11.4 Å². The first kappa shape index (κ1) is 35.5. The molecule has 1 fully saturated rings. The van der Waals surface area contributed by atoms with Gasteiger partial charge in [0.2, 0.25) is 0 Å². The van der Waals surface area contributed by atoms with Gasteiger partial charge >= 0.3 is 6.09 Å². The minimum absolute atomic E-state index is 0.129. The number of hydrogen-bond acceptors (Lipinski definition) is 8. The van der Waals surface area contributed by atoms with Crippen molar-refractivity contribution < 1.29 is 38.1 Å². The highest BCUT2D eigenvalue weighted by atomic mass is 16.6. The Morgan fingerprint density at radius 1 is 0.956 bits per heavy atom. The van der Waals surface area contributed by atoms with Crippen molar-refractivity contribution in [3.8, 4) is 17.2 Å². The van der Waals surface area contributed by atoms with Crippen molar-refractivity contribution in [2.45, 2.75) is 65.1 Å². The Bertz CT molecular complexity index is 1290. The summed E-state index contributed by atoms with van der Waals surface area (Å²) < 4.78 is 27.5. The van der Waals surface area contributed by atoms with Crippen LogP contribution in [0.4, 0.5) is 4.79 Å². The van der Waals surface area contributed by atoms with Crippen LogP contribution in [0.1, 0.15) is 68.2 Å². The molecule has 0 aromatic heterocycles. The van der Waals surface area contributed by atoms with Crippen LogP contribution >= 0.6 is 0 Å². The number of amides is 3.